The van der Waals surface area contributed by atoms with E-state index in [1.54, 1.807) is 25.6 Å². The smallest absolute Gasteiger partial charge is 0.184 e. The number of ketones is 1. The molecule has 2 rings (SSSR count). The van der Waals surface area contributed by atoms with Gasteiger partial charge >= 0.3 is 0 Å². The minimum absolute atomic E-state index is 0.129. The summed E-state index contributed by atoms with van der Waals surface area (Å²) in [6.07, 6.45) is 5.99. The molecule has 0 spiro atoms. The van der Waals surface area contributed by atoms with Gasteiger partial charge in [-0.25, -0.2) is 0 Å². The van der Waals surface area contributed by atoms with Crippen LogP contribution in [0.1, 0.15) is 36.5 Å². The van der Waals surface area contributed by atoms with E-state index in [0.29, 0.717) is 11.3 Å². The number of carbonyl (C=O) groups is 1. The van der Waals surface area contributed by atoms with Crippen LogP contribution in [-0.4, -0.2) is 30.0 Å². The van der Waals surface area contributed by atoms with Crippen LogP contribution in [0.5, 0.6) is 5.75 Å². The van der Waals surface area contributed by atoms with E-state index in [0.717, 1.165) is 25.8 Å². The molecule has 17 heavy (non-hydrogen) atoms. The summed E-state index contributed by atoms with van der Waals surface area (Å²) in [7, 11) is 1.58. The van der Waals surface area contributed by atoms with Crippen LogP contribution in [0.15, 0.2) is 18.5 Å². The predicted octanol–water partition coefficient (Wildman–Crippen LogP) is 1.81. The van der Waals surface area contributed by atoms with Crippen LogP contribution < -0.4 is 10.1 Å². The van der Waals surface area contributed by atoms with E-state index in [1.807, 2.05) is 6.92 Å². The summed E-state index contributed by atoms with van der Waals surface area (Å²) < 4.78 is 5.10. The first-order chi connectivity index (χ1) is 8.22. The van der Waals surface area contributed by atoms with Gasteiger partial charge in [-0.3, -0.25) is 9.78 Å². The monoisotopic (exact) mass is 234 g/mol. The maximum atomic E-state index is 12.5. The van der Waals surface area contributed by atoms with E-state index in [9.17, 15) is 4.79 Å². The zero-order chi connectivity index (χ0) is 12.3. The number of nitrogens with one attached hydrogen (secondary N) is 1. The van der Waals surface area contributed by atoms with Crippen LogP contribution in [0.25, 0.3) is 0 Å². The second kappa shape index (κ2) is 4.84. The van der Waals surface area contributed by atoms with E-state index in [2.05, 4.69) is 10.3 Å². The van der Waals surface area contributed by atoms with Crippen molar-refractivity contribution in [3.63, 3.8) is 0 Å². The number of rotatable bonds is 4. The van der Waals surface area contributed by atoms with Gasteiger partial charge in [0, 0.05) is 11.8 Å². The molecule has 4 nitrogen and oxygen atoms in total. The van der Waals surface area contributed by atoms with Crippen molar-refractivity contribution in [2.45, 2.75) is 31.7 Å². The summed E-state index contributed by atoms with van der Waals surface area (Å²) in [5.41, 5.74) is 0.231. The average molecular weight is 234 g/mol. The van der Waals surface area contributed by atoms with Crippen molar-refractivity contribution >= 4 is 5.78 Å². The summed E-state index contributed by atoms with van der Waals surface area (Å²) in [5.74, 6) is 0.754. The first kappa shape index (κ1) is 12.0. The Bertz CT molecular complexity index is 412. The van der Waals surface area contributed by atoms with E-state index in [4.69, 9.17) is 4.74 Å². The summed E-state index contributed by atoms with van der Waals surface area (Å²) in [6.45, 7) is 2.96. The number of hydrogen-bond acceptors (Lipinski definition) is 4. The lowest BCUT2D eigenvalue weighted by Gasteiger charge is -2.26. The van der Waals surface area contributed by atoms with Crippen molar-refractivity contribution in [1.82, 2.24) is 10.3 Å². The zero-order valence-electron chi connectivity index (χ0n) is 10.3. The normalized spacial score (nSPS) is 23.6. The van der Waals surface area contributed by atoms with Crippen LogP contribution in [0, 0.1) is 0 Å². The molecule has 1 aliphatic heterocycles. The lowest BCUT2D eigenvalue weighted by molar-refractivity contribution is 0.0863. The highest BCUT2D eigenvalue weighted by Crippen LogP contribution is 2.28. The third kappa shape index (κ3) is 2.17. The average Bonchev–Trinajstić information content (AvgIpc) is 2.88. The van der Waals surface area contributed by atoms with Crippen LogP contribution in [0.3, 0.4) is 0 Å². The highest BCUT2D eigenvalue weighted by Gasteiger charge is 2.39. The number of Topliss-reactive ketones (excluding diaryl/α,β-unsaturated/α-hetero) is 1. The lowest BCUT2D eigenvalue weighted by atomic mass is 9.86. The van der Waals surface area contributed by atoms with Crippen LogP contribution in [-0.2, 0) is 0 Å². The van der Waals surface area contributed by atoms with Gasteiger partial charge in [-0.2, -0.15) is 0 Å². The van der Waals surface area contributed by atoms with Gasteiger partial charge in [-0.15, -0.1) is 0 Å². The molecule has 1 aromatic rings. The van der Waals surface area contributed by atoms with Gasteiger partial charge < -0.3 is 10.1 Å². The number of methoxy groups -OCH3 is 1. The van der Waals surface area contributed by atoms with Crippen LogP contribution in [0.2, 0.25) is 0 Å². The topological polar surface area (TPSA) is 51.2 Å². The quantitative estimate of drug-likeness (QED) is 0.807. The fraction of sp³-hybridized carbons (Fsp3) is 0.538. The molecule has 0 amide bonds. The molecule has 0 aliphatic carbocycles. The molecule has 1 N–H and O–H groups in total. The van der Waals surface area contributed by atoms with Crippen LogP contribution >= 0.6 is 0 Å². The Hall–Kier alpha value is -1.42. The zero-order valence-corrected chi connectivity index (χ0v) is 10.3. The van der Waals surface area contributed by atoms with Crippen molar-refractivity contribution in [2.75, 3.05) is 13.7 Å². The summed E-state index contributed by atoms with van der Waals surface area (Å²) in [5, 5.41) is 3.34. The van der Waals surface area contributed by atoms with Crippen molar-refractivity contribution in [3.8, 4) is 5.75 Å². The number of ether oxygens (including phenoxy) is 1. The van der Waals surface area contributed by atoms with Gasteiger partial charge in [-0.05, 0) is 31.9 Å². The molecule has 1 saturated heterocycles. The molecule has 1 fully saturated rings. The minimum Gasteiger partial charge on any atom is -0.495 e. The Kier molecular flexibility index (Phi) is 3.43. The molecule has 1 aliphatic rings. The molecule has 0 radical (unpaired) electrons. The lowest BCUT2D eigenvalue weighted by Crippen LogP contribution is -2.47. The number of aromatic nitrogens is 1. The van der Waals surface area contributed by atoms with Gasteiger partial charge in [0.2, 0.25) is 0 Å². The molecule has 0 bridgehead atoms. The van der Waals surface area contributed by atoms with Crippen LogP contribution in [0.4, 0.5) is 0 Å². The molecule has 1 atom stereocenters. The van der Waals surface area contributed by atoms with Crippen molar-refractivity contribution in [2.24, 2.45) is 0 Å². The van der Waals surface area contributed by atoms with E-state index >= 15 is 0 Å². The molecular formula is C13H18N2O2. The summed E-state index contributed by atoms with van der Waals surface area (Å²) in [4.78, 5) is 16.5. The third-order valence-electron chi connectivity index (χ3n) is 3.49. The van der Waals surface area contributed by atoms with Gasteiger partial charge in [-0.1, -0.05) is 6.92 Å². The highest BCUT2D eigenvalue weighted by molar-refractivity contribution is 6.03. The predicted molar refractivity (Wildman–Crippen MR) is 65.4 cm³/mol. The molecular weight excluding hydrogens is 216 g/mol. The van der Waals surface area contributed by atoms with Crippen molar-refractivity contribution < 1.29 is 9.53 Å². The Labute approximate surface area is 101 Å². The van der Waals surface area contributed by atoms with E-state index in [-0.39, 0.29) is 5.78 Å². The second-order valence-electron chi connectivity index (χ2n) is 4.41. The fourth-order valence-electron chi connectivity index (χ4n) is 2.39. The molecule has 1 unspecified atom stereocenters. The number of hydrogen-bond donors (Lipinski definition) is 1. The molecule has 2 heterocycles. The molecule has 0 saturated carbocycles. The number of nitrogens with zero attached hydrogens (tertiary/aromatic N) is 1. The summed E-state index contributed by atoms with van der Waals surface area (Å²) >= 11 is 0. The van der Waals surface area contributed by atoms with Gasteiger partial charge in [0.15, 0.2) is 5.78 Å². The maximum absolute atomic E-state index is 12.5. The highest BCUT2D eigenvalue weighted by atomic mass is 16.5. The van der Waals surface area contributed by atoms with E-state index < -0.39 is 5.54 Å². The molecule has 4 heteroatoms. The molecule has 92 valence electrons. The second-order valence-corrected chi connectivity index (χ2v) is 4.41. The largest absolute Gasteiger partial charge is 0.495 e. The molecule has 0 aromatic carbocycles. The third-order valence-corrected chi connectivity index (χ3v) is 3.49. The SMILES string of the molecule is CCC1(C(=O)c2cncc(OC)c2)CCCN1. The Balaban J connectivity index is 2.29. The standard InChI is InChI=1S/C13H18N2O2/c1-3-13(5-4-6-15-13)12(16)10-7-11(17-2)9-14-8-10/h7-9,15H,3-6H2,1-2H3. The number of pyridine rings is 1. The Morgan fingerprint density at radius 2 is 2.41 bits per heavy atom. The fourth-order valence-corrected chi connectivity index (χ4v) is 2.39. The first-order valence-corrected chi connectivity index (χ1v) is 6.01. The Morgan fingerprint density at radius 1 is 1.59 bits per heavy atom. The van der Waals surface area contributed by atoms with Gasteiger partial charge in [0.1, 0.15) is 5.75 Å². The Morgan fingerprint density at radius 3 is 3.00 bits per heavy atom. The minimum atomic E-state index is -0.395. The van der Waals surface area contributed by atoms with E-state index in [1.165, 1.54) is 0 Å². The number of carbonyl (C=O) groups excluding carboxylic acids is 1. The van der Waals surface area contributed by atoms with Crippen molar-refractivity contribution in [3.05, 3.63) is 24.0 Å². The first-order valence-electron chi connectivity index (χ1n) is 6.01. The summed E-state index contributed by atoms with van der Waals surface area (Å²) in [6, 6.07) is 1.76. The maximum Gasteiger partial charge on any atom is 0.184 e. The van der Waals surface area contributed by atoms with Gasteiger partial charge in [0.25, 0.3) is 0 Å². The molecule has 1 aromatic heterocycles. The van der Waals surface area contributed by atoms with Crippen molar-refractivity contribution in [1.29, 1.82) is 0 Å². The van der Waals surface area contributed by atoms with Gasteiger partial charge in [0.05, 0.1) is 18.8 Å².